The molecule has 1 aromatic heterocycles. The molecule has 0 amide bonds. The van der Waals surface area contributed by atoms with Crippen LogP contribution >= 0.6 is 0 Å². The van der Waals surface area contributed by atoms with Crippen LogP contribution in [0.15, 0.2) is 6.33 Å². The fourth-order valence-corrected chi connectivity index (χ4v) is 2.00. The van der Waals surface area contributed by atoms with Crippen LogP contribution in [0.2, 0.25) is 0 Å². The molecule has 0 aliphatic rings. The Hall–Kier alpha value is -1.32. The normalized spacial score (nSPS) is 12.2. The number of hydrogen-bond acceptors (Lipinski definition) is 4. The molecular weight excluding hydrogens is 226 g/mol. The van der Waals surface area contributed by atoms with Crippen molar-refractivity contribution in [2.24, 2.45) is 5.92 Å². The van der Waals surface area contributed by atoms with E-state index in [1.165, 1.54) is 25.7 Å². The van der Waals surface area contributed by atoms with Crippen LogP contribution in [0.5, 0.6) is 5.88 Å². The van der Waals surface area contributed by atoms with Crippen molar-refractivity contribution in [1.29, 1.82) is 0 Å². The number of ether oxygens (including phenoxy) is 1. The van der Waals surface area contributed by atoms with Gasteiger partial charge in [-0.25, -0.2) is 9.97 Å². The second-order valence-electron chi connectivity index (χ2n) is 4.65. The van der Waals surface area contributed by atoms with Crippen LogP contribution in [0.3, 0.4) is 0 Å². The Morgan fingerprint density at radius 3 is 2.72 bits per heavy atom. The smallest absolute Gasteiger partial charge is 0.221 e. The number of rotatable bonds is 8. The molecule has 0 saturated heterocycles. The average molecular weight is 251 g/mol. The maximum atomic E-state index is 5.19. The maximum absolute atomic E-state index is 5.19. The third-order valence-electron chi connectivity index (χ3n) is 3.33. The van der Waals surface area contributed by atoms with E-state index < -0.39 is 0 Å². The molecule has 1 unspecified atom stereocenters. The lowest BCUT2D eigenvalue weighted by atomic mass is 9.99. The number of nitrogens with zero attached hydrogens (tertiary/aromatic N) is 2. The highest BCUT2D eigenvalue weighted by Gasteiger charge is 2.10. The molecule has 0 saturated carbocycles. The van der Waals surface area contributed by atoms with E-state index in [0.29, 0.717) is 11.8 Å². The van der Waals surface area contributed by atoms with Crippen LogP contribution in [0.1, 0.15) is 45.1 Å². The maximum Gasteiger partial charge on any atom is 0.221 e. The lowest BCUT2D eigenvalue weighted by molar-refractivity contribution is 0.393. The minimum Gasteiger partial charge on any atom is -0.481 e. The van der Waals surface area contributed by atoms with Crippen molar-refractivity contribution in [3.8, 4) is 5.88 Å². The molecular formula is C14H25N3O. The number of unbranched alkanes of at least 4 members (excludes halogenated alkanes) is 1. The number of aromatic nitrogens is 2. The standard InChI is InChI=1S/C14H25N3O/c1-5-7-8-12(6-2)9-15-13-11(3)14(18-4)17-10-16-13/h10,12H,5-9H2,1-4H3,(H,15,16,17). The Balaban J connectivity index is 2.56. The summed E-state index contributed by atoms with van der Waals surface area (Å²) in [5, 5.41) is 3.42. The molecule has 4 nitrogen and oxygen atoms in total. The Kier molecular flexibility index (Phi) is 6.47. The molecule has 1 atom stereocenters. The largest absolute Gasteiger partial charge is 0.481 e. The molecule has 0 bridgehead atoms. The van der Waals surface area contributed by atoms with Crippen LogP contribution in [0.25, 0.3) is 0 Å². The van der Waals surface area contributed by atoms with E-state index >= 15 is 0 Å². The molecule has 102 valence electrons. The van der Waals surface area contributed by atoms with Gasteiger partial charge in [0.1, 0.15) is 12.1 Å². The molecule has 0 fully saturated rings. The Bertz CT molecular complexity index is 355. The topological polar surface area (TPSA) is 47.0 Å². The molecule has 1 N–H and O–H groups in total. The average Bonchev–Trinajstić information content (AvgIpc) is 2.40. The van der Waals surface area contributed by atoms with E-state index in [4.69, 9.17) is 4.74 Å². The number of methoxy groups -OCH3 is 1. The van der Waals surface area contributed by atoms with Crippen molar-refractivity contribution >= 4 is 5.82 Å². The van der Waals surface area contributed by atoms with Crippen molar-refractivity contribution in [3.05, 3.63) is 11.9 Å². The molecule has 1 rings (SSSR count). The lowest BCUT2D eigenvalue weighted by Crippen LogP contribution is -2.15. The van der Waals surface area contributed by atoms with Gasteiger partial charge in [0.2, 0.25) is 5.88 Å². The zero-order chi connectivity index (χ0) is 13.4. The first-order chi connectivity index (χ1) is 8.72. The van der Waals surface area contributed by atoms with E-state index in [-0.39, 0.29) is 0 Å². The van der Waals surface area contributed by atoms with Crippen molar-refractivity contribution in [2.45, 2.75) is 46.5 Å². The van der Waals surface area contributed by atoms with E-state index in [1.807, 2.05) is 6.92 Å². The highest BCUT2D eigenvalue weighted by Crippen LogP contribution is 2.21. The number of hydrogen-bond donors (Lipinski definition) is 1. The first-order valence-electron chi connectivity index (χ1n) is 6.82. The fraction of sp³-hybridized carbons (Fsp3) is 0.714. The van der Waals surface area contributed by atoms with E-state index in [2.05, 4.69) is 29.1 Å². The van der Waals surface area contributed by atoms with Crippen LogP contribution in [0, 0.1) is 12.8 Å². The van der Waals surface area contributed by atoms with Gasteiger partial charge in [0.25, 0.3) is 0 Å². The van der Waals surface area contributed by atoms with Crippen LogP contribution in [-0.2, 0) is 0 Å². The molecule has 0 spiro atoms. The summed E-state index contributed by atoms with van der Waals surface area (Å²) < 4.78 is 5.19. The summed E-state index contributed by atoms with van der Waals surface area (Å²) in [6.45, 7) is 7.43. The summed E-state index contributed by atoms with van der Waals surface area (Å²) >= 11 is 0. The van der Waals surface area contributed by atoms with Crippen molar-refractivity contribution in [2.75, 3.05) is 19.0 Å². The van der Waals surface area contributed by atoms with Gasteiger partial charge in [-0.15, -0.1) is 0 Å². The van der Waals surface area contributed by atoms with Gasteiger partial charge in [-0.2, -0.15) is 0 Å². The first-order valence-corrected chi connectivity index (χ1v) is 6.82. The van der Waals surface area contributed by atoms with E-state index in [1.54, 1.807) is 13.4 Å². The predicted molar refractivity (Wildman–Crippen MR) is 75.1 cm³/mol. The molecule has 1 heterocycles. The summed E-state index contributed by atoms with van der Waals surface area (Å²) in [5.74, 6) is 2.25. The van der Waals surface area contributed by atoms with Gasteiger partial charge in [0.15, 0.2) is 0 Å². The highest BCUT2D eigenvalue weighted by molar-refractivity contribution is 5.47. The summed E-state index contributed by atoms with van der Waals surface area (Å²) in [6, 6.07) is 0. The Morgan fingerprint density at radius 1 is 1.33 bits per heavy atom. The van der Waals surface area contributed by atoms with Gasteiger partial charge in [-0.05, 0) is 19.3 Å². The zero-order valence-electron chi connectivity index (χ0n) is 12.0. The van der Waals surface area contributed by atoms with Crippen molar-refractivity contribution in [3.63, 3.8) is 0 Å². The van der Waals surface area contributed by atoms with Crippen LogP contribution in [-0.4, -0.2) is 23.6 Å². The van der Waals surface area contributed by atoms with Gasteiger partial charge in [0.05, 0.1) is 12.7 Å². The quantitative estimate of drug-likeness (QED) is 0.769. The lowest BCUT2D eigenvalue weighted by Gasteiger charge is -2.17. The minimum atomic E-state index is 0.647. The monoisotopic (exact) mass is 251 g/mol. The minimum absolute atomic E-state index is 0.647. The van der Waals surface area contributed by atoms with Gasteiger partial charge in [0, 0.05) is 6.54 Å². The van der Waals surface area contributed by atoms with E-state index in [9.17, 15) is 0 Å². The van der Waals surface area contributed by atoms with Crippen LogP contribution < -0.4 is 10.1 Å². The summed E-state index contributed by atoms with van der Waals surface area (Å²) in [4.78, 5) is 8.35. The second kappa shape index (κ2) is 7.90. The summed E-state index contributed by atoms with van der Waals surface area (Å²) in [5.41, 5.74) is 0.977. The Morgan fingerprint density at radius 2 is 2.11 bits per heavy atom. The Labute approximate surface area is 110 Å². The molecule has 0 aliphatic heterocycles. The second-order valence-corrected chi connectivity index (χ2v) is 4.65. The van der Waals surface area contributed by atoms with Crippen LogP contribution in [0.4, 0.5) is 5.82 Å². The van der Waals surface area contributed by atoms with Gasteiger partial charge < -0.3 is 10.1 Å². The molecule has 0 aromatic carbocycles. The fourth-order valence-electron chi connectivity index (χ4n) is 2.00. The van der Waals surface area contributed by atoms with Gasteiger partial charge in [-0.3, -0.25) is 0 Å². The zero-order valence-corrected chi connectivity index (χ0v) is 12.0. The third-order valence-corrected chi connectivity index (χ3v) is 3.33. The van der Waals surface area contributed by atoms with Gasteiger partial charge in [-0.1, -0.05) is 33.1 Å². The molecule has 0 radical (unpaired) electrons. The predicted octanol–water partition coefficient (Wildman–Crippen LogP) is 3.42. The number of anilines is 1. The SMILES string of the molecule is CCCCC(CC)CNc1ncnc(OC)c1C. The summed E-state index contributed by atoms with van der Waals surface area (Å²) in [7, 11) is 1.63. The van der Waals surface area contributed by atoms with Gasteiger partial charge >= 0.3 is 0 Å². The molecule has 0 aliphatic carbocycles. The first kappa shape index (κ1) is 14.7. The molecule has 18 heavy (non-hydrogen) atoms. The third kappa shape index (κ3) is 4.17. The summed E-state index contributed by atoms with van der Waals surface area (Å²) in [6.07, 6.45) is 6.58. The van der Waals surface area contributed by atoms with Crippen molar-refractivity contribution in [1.82, 2.24) is 9.97 Å². The molecule has 1 aromatic rings. The molecule has 4 heteroatoms. The highest BCUT2D eigenvalue weighted by atomic mass is 16.5. The van der Waals surface area contributed by atoms with Crippen molar-refractivity contribution < 1.29 is 4.74 Å². The van der Waals surface area contributed by atoms with E-state index in [0.717, 1.165) is 17.9 Å². The number of nitrogens with one attached hydrogen (secondary N) is 1.